The molecule has 146 valence electrons. The average molecular weight is 380 g/mol. The van der Waals surface area contributed by atoms with E-state index in [0.29, 0.717) is 31.0 Å². The monoisotopic (exact) mass is 380 g/mol. The SMILES string of the molecule is Cc1cnc(N2CCN(C(=O)c3ccc(C4CCNC4=O)nn3)CC2)c(C)c1. The second-order valence-electron chi connectivity index (χ2n) is 7.41. The minimum atomic E-state index is -0.259. The molecule has 2 aliphatic rings. The van der Waals surface area contributed by atoms with Gasteiger partial charge in [0.15, 0.2) is 5.69 Å². The van der Waals surface area contributed by atoms with E-state index in [4.69, 9.17) is 0 Å². The van der Waals surface area contributed by atoms with Gasteiger partial charge in [-0.05, 0) is 43.5 Å². The molecule has 0 bridgehead atoms. The summed E-state index contributed by atoms with van der Waals surface area (Å²) in [5.74, 6) is 0.579. The number of carbonyl (C=O) groups excluding carboxylic acids is 2. The fourth-order valence-corrected chi connectivity index (χ4v) is 3.84. The first-order valence-corrected chi connectivity index (χ1v) is 9.62. The molecule has 2 amide bonds. The lowest BCUT2D eigenvalue weighted by Gasteiger charge is -2.35. The van der Waals surface area contributed by atoms with Crippen LogP contribution in [0.15, 0.2) is 24.4 Å². The molecule has 0 radical (unpaired) electrons. The molecule has 28 heavy (non-hydrogen) atoms. The molecule has 1 N–H and O–H groups in total. The van der Waals surface area contributed by atoms with Crippen molar-refractivity contribution in [3.63, 3.8) is 0 Å². The van der Waals surface area contributed by atoms with Crippen LogP contribution in [0.5, 0.6) is 0 Å². The summed E-state index contributed by atoms with van der Waals surface area (Å²) in [6.45, 7) is 7.45. The summed E-state index contributed by atoms with van der Waals surface area (Å²) in [7, 11) is 0. The molecular formula is C20H24N6O2. The first kappa shape index (κ1) is 18.3. The van der Waals surface area contributed by atoms with Gasteiger partial charge in [-0.25, -0.2) is 4.98 Å². The Morgan fingerprint density at radius 2 is 1.93 bits per heavy atom. The Hall–Kier alpha value is -3.03. The van der Waals surface area contributed by atoms with Crippen LogP contribution in [0.4, 0.5) is 5.82 Å². The van der Waals surface area contributed by atoms with Gasteiger partial charge in [0.05, 0.1) is 11.6 Å². The molecule has 1 unspecified atom stereocenters. The molecule has 8 nitrogen and oxygen atoms in total. The Labute approximate surface area is 164 Å². The third kappa shape index (κ3) is 3.54. The van der Waals surface area contributed by atoms with E-state index >= 15 is 0 Å². The number of anilines is 1. The highest BCUT2D eigenvalue weighted by Crippen LogP contribution is 2.22. The van der Waals surface area contributed by atoms with Crippen molar-refractivity contribution in [2.24, 2.45) is 0 Å². The minimum absolute atomic E-state index is 0.0236. The van der Waals surface area contributed by atoms with E-state index < -0.39 is 0 Å². The van der Waals surface area contributed by atoms with Gasteiger partial charge in [0, 0.05) is 38.9 Å². The Balaban J connectivity index is 1.39. The third-order valence-corrected chi connectivity index (χ3v) is 5.36. The molecule has 0 aromatic carbocycles. The van der Waals surface area contributed by atoms with Crippen molar-refractivity contribution in [1.82, 2.24) is 25.4 Å². The van der Waals surface area contributed by atoms with Crippen LogP contribution >= 0.6 is 0 Å². The summed E-state index contributed by atoms with van der Waals surface area (Å²) in [5, 5.41) is 11.0. The number of piperazine rings is 1. The molecule has 2 saturated heterocycles. The molecule has 8 heteroatoms. The number of aromatic nitrogens is 3. The van der Waals surface area contributed by atoms with Crippen LogP contribution < -0.4 is 10.2 Å². The van der Waals surface area contributed by atoms with Crippen molar-refractivity contribution < 1.29 is 9.59 Å². The maximum absolute atomic E-state index is 12.8. The number of hydrogen-bond donors (Lipinski definition) is 1. The van der Waals surface area contributed by atoms with Crippen molar-refractivity contribution in [1.29, 1.82) is 0 Å². The van der Waals surface area contributed by atoms with Gasteiger partial charge in [-0.15, -0.1) is 5.10 Å². The van der Waals surface area contributed by atoms with E-state index in [0.717, 1.165) is 36.5 Å². The normalized spacial score (nSPS) is 19.6. The number of amides is 2. The van der Waals surface area contributed by atoms with Crippen molar-refractivity contribution in [3.05, 3.63) is 46.9 Å². The van der Waals surface area contributed by atoms with E-state index in [-0.39, 0.29) is 17.7 Å². The zero-order valence-electron chi connectivity index (χ0n) is 16.2. The molecule has 2 aliphatic heterocycles. The summed E-state index contributed by atoms with van der Waals surface area (Å²) in [6.07, 6.45) is 2.59. The Morgan fingerprint density at radius 1 is 1.14 bits per heavy atom. The molecule has 4 rings (SSSR count). The lowest BCUT2D eigenvalue weighted by molar-refractivity contribution is -0.120. The number of nitrogens with zero attached hydrogens (tertiary/aromatic N) is 5. The molecule has 0 saturated carbocycles. The van der Waals surface area contributed by atoms with Gasteiger partial charge >= 0.3 is 0 Å². The van der Waals surface area contributed by atoms with Crippen LogP contribution in [-0.2, 0) is 4.79 Å². The maximum Gasteiger partial charge on any atom is 0.274 e. The summed E-state index contributed by atoms with van der Waals surface area (Å²) in [6, 6.07) is 5.54. The summed E-state index contributed by atoms with van der Waals surface area (Å²) < 4.78 is 0. The summed E-state index contributed by atoms with van der Waals surface area (Å²) in [4.78, 5) is 33.1. The molecule has 0 aliphatic carbocycles. The largest absolute Gasteiger partial charge is 0.355 e. The summed E-state index contributed by atoms with van der Waals surface area (Å²) in [5.41, 5.74) is 3.24. The van der Waals surface area contributed by atoms with E-state index in [2.05, 4.69) is 38.4 Å². The highest BCUT2D eigenvalue weighted by Gasteiger charge is 2.28. The van der Waals surface area contributed by atoms with Gasteiger partial charge in [0.2, 0.25) is 5.91 Å². The van der Waals surface area contributed by atoms with Crippen LogP contribution in [0, 0.1) is 13.8 Å². The second-order valence-corrected chi connectivity index (χ2v) is 7.41. The first-order chi connectivity index (χ1) is 13.5. The van der Waals surface area contributed by atoms with Crippen LogP contribution in [0.25, 0.3) is 0 Å². The van der Waals surface area contributed by atoms with Crippen molar-refractivity contribution in [2.75, 3.05) is 37.6 Å². The Morgan fingerprint density at radius 3 is 2.54 bits per heavy atom. The fourth-order valence-electron chi connectivity index (χ4n) is 3.84. The van der Waals surface area contributed by atoms with E-state index in [1.807, 2.05) is 13.1 Å². The smallest absolute Gasteiger partial charge is 0.274 e. The molecule has 1 atom stereocenters. The Bertz CT molecular complexity index is 890. The Kier molecular flexibility index (Phi) is 4.93. The van der Waals surface area contributed by atoms with Gasteiger partial charge in [-0.2, -0.15) is 5.10 Å². The predicted octanol–water partition coefficient (Wildman–Crippen LogP) is 1.05. The third-order valence-electron chi connectivity index (χ3n) is 5.36. The van der Waals surface area contributed by atoms with Crippen molar-refractivity contribution >= 4 is 17.6 Å². The number of carbonyl (C=O) groups is 2. The number of hydrogen-bond acceptors (Lipinski definition) is 6. The van der Waals surface area contributed by atoms with Crippen LogP contribution in [0.1, 0.15) is 39.6 Å². The topological polar surface area (TPSA) is 91.3 Å². The van der Waals surface area contributed by atoms with E-state index in [1.54, 1.807) is 17.0 Å². The molecule has 2 aromatic rings. The molecule has 0 spiro atoms. The van der Waals surface area contributed by atoms with E-state index in [9.17, 15) is 9.59 Å². The fraction of sp³-hybridized carbons (Fsp3) is 0.450. The minimum Gasteiger partial charge on any atom is -0.355 e. The quantitative estimate of drug-likeness (QED) is 0.856. The molecule has 2 fully saturated rings. The van der Waals surface area contributed by atoms with Crippen molar-refractivity contribution in [3.8, 4) is 0 Å². The summed E-state index contributed by atoms with van der Waals surface area (Å²) >= 11 is 0. The highest BCUT2D eigenvalue weighted by molar-refractivity contribution is 5.92. The van der Waals surface area contributed by atoms with Crippen LogP contribution in [-0.4, -0.2) is 64.6 Å². The van der Waals surface area contributed by atoms with Crippen LogP contribution in [0.3, 0.4) is 0 Å². The second kappa shape index (κ2) is 7.53. The average Bonchev–Trinajstić information content (AvgIpc) is 3.14. The van der Waals surface area contributed by atoms with E-state index in [1.165, 1.54) is 0 Å². The number of rotatable bonds is 3. The number of pyridine rings is 1. The zero-order valence-corrected chi connectivity index (χ0v) is 16.2. The van der Waals surface area contributed by atoms with Gasteiger partial charge in [-0.1, -0.05) is 6.07 Å². The first-order valence-electron chi connectivity index (χ1n) is 9.62. The number of nitrogens with one attached hydrogen (secondary N) is 1. The van der Waals surface area contributed by atoms with Gasteiger partial charge in [0.1, 0.15) is 5.82 Å². The van der Waals surface area contributed by atoms with Crippen LogP contribution in [0.2, 0.25) is 0 Å². The zero-order chi connectivity index (χ0) is 19.7. The lowest BCUT2D eigenvalue weighted by atomic mass is 10.0. The molecule has 4 heterocycles. The highest BCUT2D eigenvalue weighted by atomic mass is 16.2. The lowest BCUT2D eigenvalue weighted by Crippen LogP contribution is -2.49. The predicted molar refractivity (Wildman–Crippen MR) is 104 cm³/mol. The standard InChI is InChI=1S/C20H24N6O2/c1-13-11-14(2)18(22-12-13)25-7-9-26(10-8-25)20(28)17-4-3-16(23-24-17)15-5-6-21-19(15)27/h3-4,11-12,15H,5-10H2,1-2H3,(H,21,27). The molecule has 2 aromatic heterocycles. The number of aryl methyl sites for hydroxylation is 2. The van der Waals surface area contributed by atoms with Crippen molar-refractivity contribution in [2.45, 2.75) is 26.2 Å². The maximum atomic E-state index is 12.8. The van der Waals surface area contributed by atoms with Gasteiger partial charge in [0.25, 0.3) is 5.91 Å². The molecular weight excluding hydrogens is 356 g/mol. The van der Waals surface area contributed by atoms with Gasteiger partial charge in [-0.3, -0.25) is 9.59 Å². The van der Waals surface area contributed by atoms with Gasteiger partial charge < -0.3 is 15.1 Å².